The van der Waals surface area contributed by atoms with Crippen LogP contribution in [0, 0.1) is 12.3 Å². The molecule has 0 fully saturated rings. The van der Waals surface area contributed by atoms with Crippen molar-refractivity contribution in [3.05, 3.63) is 51.4 Å². The first-order chi connectivity index (χ1) is 10.9. The summed E-state index contributed by atoms with van der Waals surface area (Å²) in [5, 5.41) is 0. The molecule has 0 bridgehead atoms. The van der Waals surface area contributed by atoms with Crippen LogP contribution in [0.25, 0.3) is 5.57 Å². The number of thiol groups is 2. The van der Waals surface area contributed by atoms with Gasteiger partial charge >= 0.3 is 0 Å². The van der Waals surface area contributed by atoms with Crippen molar-refractivity contribution in [3.8, 4) is 0 Å². The summed E-state index contributed by atoms with van der Waals surface area (Å²) in [4.78, 5) is 1.63. The van der Waals surface area contributed by atoms with Crippen molar-refractivity contribution in [2.45, 2.75) is 52.9 Å². The summed E-state index contributed by atoms with van der Waals surface area (Å²) in [5.41, 5.74) is 12.6. The van der Waals surface area contributed by atoms with Gasteiger partial charge < -0.3 is 5.73 Å². The Labute approximate surface area is 159 Å². The third-order valence-electron chi connectivity index (χ3n) is 4.81. The van der Waals surface area contributed by atoms with Crippen molar-refractivity contribution in [2.24, 2.45) is 5.41 Å². The second-order valence-corrected chi connectivity index (χ2v) is 8.00. The molecular weight excluding hydrogens is 329 g/mol. The quantitative estimate of drug-likeness (QED) is 0.258. The van der Waals surface area contributed by atoms with Gasteiger partial charge in [0.25, 0.3) is 0 Å². The lowest BCUT2D eigenvalue weighted by Gasteiger charge is -2.30. The second kappa shape index (κ2) is 7.92. The minimum Gasteiger partial charge on any atom is -0.398 e. The van der Waals surface area contributed by atoms with Gasteiger partial charge in [-0.25, -0.2) is 0 Å². The highest BCUT2D eigenvalue weighted by Gasteiger charge is 2.25. The molecule has 1 nitrogen and oxygen atoms in total. The summed E-state index contributed by atoms with van der Waals surface area (Å²) in [6.45, 7) is 16.6. The first-order valence-corrected chi connectivity index (χ1v) is 8.99. The number of nitrogens with two attached hydrogens (primary N) is 1. The van der Waals surface area contributed by atoms with Crippen molar-refractivity contribution in [1.29, 1.82) is 0 Å². The molecule has 24 heavy (non-hydrogen) atoms. The van der Waals surface area contributed by atoms with Crippen molar-refractivity contribution in [2.75, 3.05) is 5.73 Å². The Bertz CT molecular complexity index is 727. The maximum absolute atomic E-state index is 6.52. The van der Waals surface area contributed by atoms with E-state index in [-0.39, 0.29) is 5.41 Å². The smallest absolute Gasteiger partial charge is 0.114 e. The first kappa shape index (κ1) is 21.0. The van der Waals surface area contributed by atoms with Gasteiger partial charge in [0.15, 0.2) is 0 Å². The predicted molar refractivity (Wildman–Crippen MR) is 116 cm³/mol. The number of rotatable bonds is 5. The van der Waals surface area contributed by atoms with Gasteiger partial charge in [0.05, 0.1) is 0 Å². The molecule has 4 heteroatoms. The maximum atomic E-state index is 6.52. The highest BCUT2D eigenvalue weighted by molar-refractivity contribution is 7.84. The molecule has 1 aromatic rings. The molecule has 0 spiro atoms. The number of anilines is 1. The van der Waals surface area contributed by atoms with Gasteiger partial charge in [-0.1, -0.05) is 38.4 Å². The summed E-state index contributed by atoms with van der Waals surface area (Å²) >= 11 is 8.98. The molecule has 1 rings (SSSR count). The lowest BCUT2D eigenvalue weighted by molar-refractivity contribution is 0.436. The van der Waals surface area contributed by atoms with Crippen LogP contribution in [0.15, 0.2) is 45.1 Å². The molecule has 0 unspecified atom stereocenters. The zero-order valence-corrected chi connectivity index (χ0v) is 17.4. The fourth-order valence-corrected chi connectivity index (χ4v) is 3.74. The van der Waals surface area contributed by atoms with Crippen LogP contribution >= 0.6 is 25.3 Å². The fourth-order valence-electron chi connectivity index (χ4n) is 2.94. The van der Waals surface area contributed by atoms with Crippen molar-refractivity contribution in [1.82, 2.24) is 0 Å². The molecule has 0 atom stereocenters. The Kier molecular flexibility index (Phi) is 6.95. The Morgan fingerprint density at radius 3 is 2.29 bits per heavy atom. The average Bonchev–Trinajstić information content (AvgIpc) is 2.48. The Hall–Kier alpha value is -0.995. The number of benzene rings is 1. The van der Waals surface area contributed by atoms with Crippen LogP contribution in [-0.2, 0) is 0 Å². The van der Waals surface area contributed by atoms with E-state index in [1.54, 1.807) is 0 Å². The summed E-state index contributed by atoms with van der Waals surface area (Å²) in [7, 11) is 6.52. The lowest BCUT2D eigenvalue weighted by atomic mass is 9.73. The van der Waals surface area contributed by atoms with E-state index in [1.165, 1.54) is 0 Å². The van der Waals surface area contributed by atoms with E-state index < -0.39 is 0 Å². The van der Waals surface area contributed by atoms with E-state index in [0.29, 0.717) is 5.47 Å². The summed E-state index contributed by atoms with van der Waals surface area (Å²) < 4.78 is 0. The maximum Gasteiger partial charge on any atom is 0.114 e. The number of nitrogen functional groups attached to an aromatic ring is 1. The summed E-state index contributed by atoms with van der Waals surface area (Å²) in [5.74, 6) is 0. The monoisotopic (exact) mass is 357 g/mol. The largest absolute Gasteiger partial charge is 0.398 e. The number of hydrogen-bond acceptors (Lipinski definition) is 3. The minimum absolute atomic E-state index is 0.0549. The SMILES string of the molecule is [B]C(/C(C)=C(\C(=C)S)C(C)(C)CC)=C(/C)c1cc(S)cc(C)c1N. The van der Waals surface area contributed by atoms with Gasteiger partial charge in [0.1, 0.15) is 7.85 Å². The molecule has 0 saturated heterocycles. The van der Waals surface area contributed by atoms with Gasteiger partial charge in [-0.05, 0) is 61.4 Å². The molecule has 0 saturated carbocycles. The molecule has 0 aliphatic rings. The van der Waals surface area contributed by atoms with E-state index in [2.05, 4.69) is 52.6 Å². The van der Waals surface area contributed by atoms with Gasteiger partial charge in [0.2, 0.25) is 0 Å². The third kappa shape index (κ3) is 4.34. The van der Waals surface area contributed by atoms with E-state index in [9.17, 15) is 0 Å². The highest BCUT2D eigenvalue weighted by Crippen LogP contribution is 2.41. The Morgan fingerprint density at radius 1 is 1.29 bits per heavy atom. The van der Waals surface area contributed by atoms with E-state index >= 15 is 0 Å². The minimum atomic E-state index is -0.0549. The van der Waals surface area contributed by atoms with Crippen LogP contribution in [0.5, 0.6) is 0 Å². The summed E-state index contributed by atoms with van der Waals surface area (Å²) in [6, 6.07) is 3.91. The molecule has 128 valence electrons. The molecule has 2 radical (unpaired) electrons. The van der Waals surface area contributed by atoms with Crippen LogP contribution in [0.3, 0.4) is 0 Å². The predicted octanol–water partition coefficient (Wildman–Crippen LogP) is 5.96. The molecule has 0 heterocycles. The Morgan fingerprint density at radius 2 is 1.83 bits per heavy atom. The van der Waals surface area contributed by atoms with Crippen LogP contribution < -0.4 is 5.73 Å². The van der Waals surface area contributed by atoms with Crippen molar-refractivity contribution >= 4 is 44.4 Å². The Balaban J connectivity index is 3.67. The van der Waals surface area contributed by atoms with Crippen LogP contribution in [0.4, 0.5) is 5.69 Å². The molecule has 1 aromatic carbocycles. The molecule has 0 aromatic heterocycles. The fraction of sp³-hybridized carbons (Fsp3) is 0.400. The molecule has 2 N–H and O–H groups in total. The second-order valence-electron chi connectivity index (χ2n) is 6.95. The van der Waals surface area contributed by atoms with Crippen molar-refractivity contribution in [3.63, 3.8) is 0 Å². The lowest BCUT2D eigenvalue weighted by Crippen LogP contribution is -2.16. The van der Waals surface area contributed by atoms with E-state index in [0.717, 1.165) is 49.8 Å². The standard InChI is InChI=1S/C20H28BNS2/c1-8-20(6,7)17(14(5)23)13(4)18(21)12(3)16-10-15(24)9-11(2)19(16)22/h9-10,23-24H,5,8,22H2,1-4,6-7H3/b17-13+,18-12-. The molecule has 0 amide bonds. The van der Waals surface area contributed by atoms with Gasteiger partial charge in [0, 0.05) is 21.1 Å². The number of aryl methyl sites for hydroxylation is 1. The van der Waals surface area contributed by atoms with Gasteiger partial charge in [-0.2, -0.15) is 0 Å². The summed E-state index contributed by atoms with van der Waals surface area (Å²) in [6.07, 6.45) is 0.971. The van der Waals surface area contributed by atoms with Gasteiger partial charge in [-0.15, -0.1) is 25.3 Å². The number of allylic oxidation sites excluding steroid dienone is 4. The molecule has 0 aliphatic heterocycles. The first-order valence-electron chi connectivity index (χ1n) is 8.09. The van der Waals surface area contributed by atoms with Gasteiger partial charge in [-0.3, -0.25) is 0 Å². The normalized spacial score (nSPS) is 14.2. The molecular formula is C20H28BNS2. The zero-order valence-electron chi connectivity index (χ0n) is 15.6. The average molecular weight is 357 g/mol. The van der Waals surface area contributed by atoms with E-state index in [4.69, 9.17) is 13.6 Å². The van der Waals surface area contributed by atoms with E-state index in [1.807, 2.05) is 32.9 Å². The third-order valence-corrected chi connectivity index (χ3v) is 5.29. The van der Waals surface area contributed by atoms with Crippen LogP contribution in [0.2, 0.25) is 0 Å². The van der Waals surface area contributed by atoms with Crippen molar-refractivity contribution < 1.29 is 0 Å². The van der Waals surface area contributed by atoms with Crippen LogP contribution in [-0.4, -0.2) is 7.85 Å². The number of hydrogen-bond donors (Lipinski definition) is 3. The molecule has 0 aliphatic carbocycles. The topological polar surface area (TPSA) is 26.0 Å². The van der Waals surface area contributed by atoms with Crippen LogP contribution in [0.1, 0.15) is 52.2 Å². The highest BCUT2D eigenvalue weighted by atomic mass is 32.1. The zero-order chi connectivity index (χ0) is 18.8.